The predicted octanol–water partition coefficient (Wildman–Crippen LogP) is -5.50. The van der Waals surface area contributed by atoms with E-state index < -0.39 is 6.16 Å². The van der Waals surface area contributed by atoms with Crippen LogP contribution < -0.4 is 21.9 Å². The third kappa shape index (κ3) is 13.1. The molecule has 2 rings (SSSR count). The van der Waals surface area contributed by atoms with E-state index in [1.165, 1.54) is 0 Å². The highest BCUT2D eigenvalue weighted by atomic mass is 16.6. The number of quaternary nitrogens is 2. The number of ether oxygens (including phenoxy) is 2. The summed E-state index contributed by atoms with van der Waals surface area (Å²) in [5.74, 6) is 7.50. The fourth-order valence-electron chi connectivity index (χ4n) is 1.20. The summed E-state index contributed by atoms with van der Waals surface area (Å²) in [5.41, 5.74) is 0. The lowest BCUT2D eigenvalue weighted by atomic mass is 10.5. The third-order valence-corrected chi connectivity index (χ3v) is 2.21. The molecule has 0 amide bonds. The summed E-state index contributed by atoms with van der Waals surface area (Å²) in [4.78, 5) is 8.33. The SMILES string of the molecule is O=C([O-])[O-].[NH3+]N1CCOCC1.[NH3+]N1CCOCC1. The second-order valence-corrected chi connectivity index (χ2v) is 3.71. The van der Waals surface area contributed by atoms with Gasteiger partial charge < -0.3 is 24.5 Å². The van der Waals surface area contributed by atoms with Crippen molar-refractivity contribution in [2.24, 2.45) is 0 Å². The lowest BCUT2D eigenvalue weighted by Crippen LogP contribution is -2.70. The number of rotatable bonds is 0. The minimum atomic E-state index is -2.33. The number of carbonyl (C=O) groups is 1. The van der Waals surface area contributed by atoms with Crippen LogP contribution in [0.3, 0.4) is 0 Å². The normalized spacial score (nSPS) is 21.0. The van der Waals surface area contributed by atoms with Crippen molar-refractivity contribution in [2.45, 2.75) is 0 Å². The molecule has 0 aliphatic carbocycles. The summed E-state index contributed by atoms with van der Waals surface area (Å²) in [6.07, 6.45) is -2.33. The van der Waals surface area contributed by atoms with E-state index in [0.717, 1.165) is 52.6 Å². The van der Waals surface area contributed by atoms with Gasteiger partial charge >= 0.3 is 0 Å². The van der Waals surface area contributed by atoms with Crippen molar-refractivity contribution in [3.8, 4) is 0 Å². The standard InChI is InChI=1S/2C4H10N2O.CH2O3/c2*5-6-1-3-7-4-2-6;2-1(3)4/h2*1-5H2;(H2,2,3,4). The van der Waals surface area contributed by atoms with Crippen molar-refractivity contribution in [3.05, 3.63) is 0 Å². The summed E-state index contributed by atoms with van der Waals surface area (Å²) in [6, 6.07) is 0. The number of morpholine rings is 2. The van der Waals surface area contributed by atoms with Crippen LogP contribution >= 0.6 is 0 Å². The Labute approximate surface area is 106 Å². The van der Waals surface area contributed by atoms with Gasteiger partial charge in [0.1, 0.15) is 0 Å². The Morgan fingerprint density at radius 3 is 1.17 bits per heavy atom. The van der Waals surface area contributed by atoms with Gasteiger partial charge in [0.2, 0.25) is 0 Å². The number of carbonyl (C=O) groups excluding carboxylic acids is 1. The third-order valence-electron chi connectivity index (χ3n) is 2.21. The first-order valence-corrected chi connectivity index (χ1v) is 5.66. The van der Waals surface area contributed by atoms with Gasteiger partial charge in [0.25, 0.3) is 0 Å². The molecule has 0 atom stereocenters. The van der Waals surface area contributed by atoms with Crippen molar-refractivity contribution in [3.63, 3.8) is 0 Å². The lowest BCUT2D eigenvalue weighted by molar-refractivity contribution is -0.581. The highest BCUT2D eigenvalue weighted by Gasteiger charge is 2.06. The Morgan fingerprint density at radius 2 is 1.06 bits per heavy atom. The largest absolute Gasteiger partial charge is 0.652 e. The molecule has 108 valence electrons. The molecule has 0 saturated carbocycles. The number of hydrogen-bond acceptors (Lipinski definition) is 7. The van der Waals surface area contributed by atoms with Crippen LogP contribution in [0.15, 0.2) is 0 Å². The van der Waals surface area contributed by atoms with E-state index in [0.29, 0.717) is 0 Å². The van der Waals surface area contributed by atoms with Crippen LogP contribution in [0.2, 0.25) is 0 Å². The molecule has 2 aliphatic rings. The predicted molar refractivity (Wildman–Crippen MR) is 56.0 cm³/mol. The molecule has 0 unspecified atom stereocenters. The smallest absolute Gasteiger partial charge is 0.0708 e. The first kappa shape index (κ1) is 17.0. The molecule has 0 bridgehead atoms. The molecular weight excluding hydrogens is 244 g/mol. The quantitative estimate of drug-likeness (QED) is 0.445. The maximum atomic E-state index is 8.33. The van der Waals surface area contributed by atoms with E-state index in [9.17, 15) is 0 Å². The van der Waals surface area contributed by atoms with Crippen LogP contribution in [-0.2, 0) is 9.47 Å². The van der Waals surface area contributed by atoms with Crippen LogP contribution in [0, 0.1) is 0 Å². The van der Waals surface area contributed by atoms with Gasteiger partial charge in [-0.05, 0) is 6.16 Å². The summed E-state index contributed by atoms with van der Waals surface area (Å²) in [7, 11) is 0. The molecule has 0 aromatic heterocycles. The molecule has 0 aromatic carbocycles. The molecule has 9 heteroatoms. The highest BCUT2D eigenvalue weighted by Crippen LogP contribution is 1.86. The van der Waals surface area contributed by atoms with Gasteiger partial charge in [-0.15, -0.1) is 0 Å². The zero-order chi connectivity index (χ0) is 13.8. The Hall–Kier alpha value is -0.970. The van der Waals surface area contributed by atoms with Gasteiger partial charge in [-0.1, -0.05) is 0 Å². The van der Waals surface area contributed by atoms with Gasteiger partial charge in [0.05, 0.1) is 52.6 Å². The fourth-order valence-corrected chi connectivity index (χ4v) is 1.20. The van der Waals surface area contributed by atoms with E-state index in [-0.39, 0.29) is 0 Å². The first-order valence-electron chi connectivity index (χ1n) is 5.66. The molecule has 2 saturated heterocycles. The molecule has 6 N–H and O–H groups in total. The summed E-state index contributed by atoms with van der Waals surface area (Å²) in [6.45, 7) is 7.35. The van der Waals surface area contributed by atoms with E-state index >= 15 is 0 Å². The Bertz CT molecular complexity index is 187. The molecule has 0 radical (unpaired) electrons. The van der Waals surface area contributed by atoms with Crippen molar-refractivity contribution in [1.82, 2.24) is 10.0 Å². The number of nitrogens with zero attached hydrogens (tertiary/aromatic N) is 2. The van der Waals surface area contributed by atoms with Crippen LogP contribution in [0.25, 0.3) is 0 Å². The molecule has 9 nitrogen and oxygen atoms in total. The second kappa shape index (κ2) is 11.1. The molecule has 2 fully saturated rings. The molecule has 2 aliphatic heterocycles. The van der Waals surface area contributed by atoms with Crippen molar-refractivity contribution < 1.29 is 36.2 Å². The fraction of sp³-hybridized carbons (Fsp3) is 0.889. The van der Waals surface area contributed by atoms with Crippen molar-refractivity contribution in [2.75, 3.05) is 52.6 Å². The molecule has 0 spiro atoms. The van der Waals surface area contributed by atoms with E-state index in [1.54, 1.807) is 0 Å². The monoisotopic (exact) mass is 266 g/mol. The lowest BCUT2D eigenvalue weighted by Gasteiger charge is -2.17. The van der Waals surface area contributed by atoms with Gasteiger partial charge in [0.15, 0.2) is 0 Å². The highest BCUT2D eigenvalue weighted by molar-refractivity contribution is 5.47. The Morgan fingerprint density at radius 1 is 0.833 bits per heavy atom. The summed E-state index contributed by atoms with van der Waals surface area (Å²) < 4.78 is 10.1. The van der Waals surface area contributed by atoms with E-state index in [2.05, 4.69) is 11.7 Å². The first-order chi connectivity index (χ1) is 8.52. The topological polar surface area (TPSA) is 143 Å². The van der Waals surface area contributed by atoms with Crippen LogP contribution in [0.5, 0.6) is 0 Å². The summed E-state index contributed by atoms with van der Waals surface area (Å²) in [5, 5.41) is 20.7. The molecule has 18 heavy (non-hydrogen) atoms. The molecular formula is C9H22N4O5. The van der Waals surface area contributed by atoms with Crippen molar-refractivity contribution >= 4 is 6.16 Å². The maximum Gasteiger partial charge on any atom is 0.0708 e. The summed E-state index contributed by atoms with van der Waals surface area (Å²) >= 11 is 0. The number of hydrogen-bond donors (Lipinski definition) is 2. The van der Waals surface area contributed by atoms with Crippen LogP contribution in [-0.4, -0.2) is 68.8 Å². The van der Waals surface area contributed by atoms with E-state index in [1.807, 2.05) is 10.0 Å². The average Bonchev–Trinajstić information content (AvgIpc) is 2.31. The zero-order valence-corrected chi connectivity index (χ0v) is 10.5. The second-order valence-electron chi connectivity index (χ2n) is 3.71. The number of carboxylic acid groups (broad SMARTS) is 2. The Balaban J connectivity index is 0.000000253. The minimum Gasteiger partial charge on any atom is -0.652 e. The van der Waals surface area contributed by atoms with Gasteiger partial charge in [-0.3, -0.25) is 11.7 Å². The van der Waals surface area contributed by atoms with Gasteiger partial charge in [-0.25, -0.2) is 0 Å². The van der Waals surface area contributed by atoms with Crippen LogP contribution in [0.4, 0.5) is 4.79 Å². The van der Waals surface area contributed by atoms with Gasteiger partial charge in [-0.2, -0.15) is 10.0 Å². The maximum absolute atomic E-state index is 8.33. The van der Waals surface area contributed by atoms with Gasteiger partial charge in [0, 0.05) is 0 Å². The van der Waals surface area contributed by atoms with Crippen LogP contribution in [0.1, 0.15) is 0 Å². The molecule has 2 heterocycles. The zero-order valence-electron chi connectivity index (χ0n) is 10.5. The Kier molecular flexibility index (Phi) is 10.5. The molecule has 0 aromatic rings. The van der Waals surface area contributed by atoms with Crippen molar-refractivity contribution in [1.29, 1.82) is 0 Å². The minimum absolute atomic E-state index is 0.851. The average molecular weight is 266 g/mol. The van der Waals surface area contributed by atoms with E-state index in [4.69, 9.17) is 24.5 Å².